The van der Waals surface area contributed by atoms with Gasteiger partial charge < -0.3 is 10.2 Å². The molecule has 0 amide bonds. The highest BCUT2D eigenvalue weighted by atomic mass is 15.2. The molecule has 1 aliphatic heterocycles. The molecule has 2 heteroatoms. The Hall–Kier alpha value is -1.02. The van der Waals surface area contributed by atoms with Gasteiger partial charge in [-0.25, -0.2) is 0 Å². The lowest BCUT2D eigenvalue weighted by Crippen LogP contribution is -2.57. The van der Waals surface area contributed by atoms with Gasteiger partial charge in [-0.15, -0.1) is 0 Å². The summed E-state index contributed by atoms with van der Waals surface area (Å²) in [6, 6.07) is 7.97. The topological polar surface area (TPSA) is 15.3 Å². The summed E-state index contributed by atoms with van der Waals surface area (Å²) in [5.74, 6) is 0.736. The van der Waals surface area contributed by atoms with E-state index in [1.54, 1.807) is 0 Å². The summed E-state index contributed by atoms with van der Waals surface area (Å²) in [4.78, 5) is 2.59. The zero-order chi connectivity index (χ0) is 14.0. The Morgan fingerprint density at radius 2 is 2.11 bits per heavy atom. The van der Waals surface area contributed by atoms with Crippen LogP contribution in [0.2, 0.25) is 0 Å². The Labute approximate surface area is 118 Å². The Morgan fingerprint density at radius 1 is 1.37 bits per heavy atom. The number of nitrogens with one attached hydrogen (secondary N) is 1. The molecule has 1 aliphatic rings. The van der Waals surface area contributed by atoms with Crippen molar-refractivity contribution in [3.05, 3.63) is 29.3 Å². The molecule has 3 unspecified atom stereocenters. The first-order valence-corrected chi connectivity index (χ1v) is 7.60. The Kier molecular flexibility index (Phi) is 4.51. The van der Waals surface area contributed by atoms with E-state index in [-0.39, 0.29) is 0 Å². The highest BCUT2D eigenvalue weighted by Crippen LogP contribution is 2.26. The number of piperazine rings is 1. The van der Waals surface area contributed by atoms with Crippen LogP contribution in [0.3, 0.4) is 0 Å². The van der Waals surface area contributed by atoms with E-state index in [1.807, 2.05) is 0 Å². The third-order valence-electron chi connectivity index (χ3n) is 4.61. The zero-order valence-corrected chi connectivity index (χ0v) is 13.0. The minimum Gasteiger partial charge on any atom is -0.366 e. The first-order valence-electron chi connectivity index (χ1n) is 7.60. The Morgan fingerprint density at radius 3 is 2.79 bits per heavy atom. The molecule has 2 rings (SSSR count). The van der Waals surface area contributed by atoms with Crippen LogP contribution in [0.5, 0.6) is 0 Å². The summed E-state index contributed by atoms with van der Waals surface area (Å²) in [7, 11) is 0. The third-order valence-corrected chi connectivity index (χ3v) is 4.61. The second kappa shape index (κ2) is 5.96. The first kappa shape index (κ1) is 14.4. The highest BCUT2D eigenvalue weighted by Gasteiger charge is 2.28. The molecule has 106 valence electrons. The van der Waals surface area contributed by atoms with Crippen LogP contribution < -0.4 is 10.2 Å². The van der Waals surface area contributed by atoms with E-state index >= 15 is 0 Å². The molecule has 0 aliphatic carbocycles. The predicted molar refractivity (Wildman–Crippen MR) is 84.0 cm³/mol. The van der Waals surface area contributed by atoms with Gasteiger partial charge in [0.05, 0.1) is 0 Å². The zero-order valence-electron chi connectivity index (χ0n) is 13.0. The minimum absolute atomic E-state index is 0.570. The van der Waals surface area contributed by atoms with Crippen molar-refractivity contribution in [2.45, 2.75) is 53.1 Å². The number of anilines is 1. The second-order valence-corrected chi connectivity index (χ2v) is 6.19. The van der Waals surface area contributed by atoms with Crippen molar-refractivity contribution in [3.8, 4) is 0 Å². The van der Waals surface area contributed by atoms with Gasteiger partial charge in [0.2, 0.25) is 0 Å². The van der Waals surface area contributed by atoms with E-state index in [9.17, 15) is 0 Å². The summed E-state index contributed by atoms with van der Waals surface area (Å²) in [6.07, 6.45) is 1.24. The van der Waals surface area contributed by atoms with Gasteiger partial charge in [-0.2, -0.15) is 0 Å². The number of nitrogens with zero attached hydrogens (tertiary/aromatic N) is 1. The SMILES string of the molecule is CCC(C)C1CN(c2cc(C)ccc2C)C(C)CN1. The average Bonchev–Trinajstić information content (AvgIpc) is 2.41. The van der Waals surface area contributed by atoms with Gasteiger partial charge >= 0.3 is 0 Å². The van der Waals surface area contributed by atoms with Crippen LogP contribution in [0.1, 0.15) is 38.3 Å². The van der Waals surface area contributed by atoms with Crippen LogP contribution in [0.4, 0.5) is 5.69 Å². The Bertz CT molecular complexity index is 427. The van der Waals surface area contributed by atoms with Crippen molar-refractivity contribution in [1.82, 2.24) is 5.32 Å². The summed E-state index contributed by atoms with van der Waals surface area (Å²) >= 11 is 0. The molecule has 1 aromatic rings. The van der Waals surface area contributed by atoms with Crippen LogP contribution in [-0.2, 0) is 0 Å². The highest BCUT2D eigenvalue weighted by molar-refractivity contribution is 5.56. The van der Waals surface area contributed by atoms with E-state index in [1.165, 1.54) is 23.2 Å². The molecule has 1 fully saturated rings. The fourth-order valence-corrected chi connectivity index (χ4v) is 2.92. The monoisotopic (exact) mass is 260 g/mol. The van der Waals surface area contributed by atoms with Crippen LogP contribution in [0.25, 0.3) is 0 Å². The van der Waals surface area contributed by atoms with Crippen molar-refractivity contribution in [2.24, 2.45) is 5.92 Å². The molecular formula is C17H28N2. The van der Waals surface area contributed by atoms with Gasteiger partial charge in [0.1, 0.15) is 0 Å². The molecule has 3 atom stereocenters. The molecule has 0 spiro atoms. The molecule has 0 aromatic heterocycles. The minimum atomic E-state index is 0.570. The fourth-order valence-electron chi connectivity index (χ4n) is 2.92. The molecule has 1 N–H and O–H groups in total. The van der Waals surface area contributed by atoms with Crippen LogP contribution in [-0.4, -0.2) is 25.2 Å². The maximum atomic E-state index is 3.71. The first-order chi connectivity index (χ1) is 9.02. The van der Waals surface area contributed by atoms with E-state index < -0.39 is 0 Å². The van der Waals surface area contributed by atoms with Gasteiger partial charge in [-0.1, -0.05) is 32.4 Å². The molecule has 1 heterocycles. The lowest BCUT2D eigenvalue weighted by molar-refractivity contribution is 0.315. The van der Waals surface area contributed by atoms with Gasteiger partial charge in [-0.3, -0.25) is 0 Å². The number of benzene rings is 1. The molecular weight excluding hydrogens is 232 g/mol. The maximum absolute atomic E-state index is 3.71. The normalized spacial score (nSPS) is 25.4. The van der Waals surface area contributed by atoms with Crippen molar-refractivity contribution in [2.75, 3.05) is 18.0 Å². The second-order valence-electron chi connectivity index (χ2n) is 6.19. The van der Waals surface area contributed by atoms with Gasteiger partial charge in [0.15, 0.2) is 0 Å². The van der Waals surface area contributed by atoms with E-state index in [0.29, 0.717) is 12.1 Å². The average molecular weight is 260 g/mol. The predicted octanol–water partition coefficient (Wildman–Crippen LogP) is 3.52. The number of hydrogen-bond acceptors (Lipinski definition) is 2. The molecule has 2 nitrogen and oxygen atoms in total. The van der Waals surface area contributed by atoms with Crippen LogP contribution >= 0.6 is 0 Å². The van der Waals surface area contributed by atoms with E-state index in [2.05, 4.69) is 63.0 Å². The van der Waals surface area contributed by atoms with E-state index in [0.717, 1.165) is 19.0 Å². The summed E-state index contributed by atoms with van der Waals surface area (Å²) in [5, 5.41) is 3.71. The van der Waals surface area contributed by atoms with E-state index in [4.69, 9.17) is 0 Å². The maximum Gasteiger partial charge on any atom is 0.0401 e. The van der Waals surface area contributed by atoms with Gasteiger partial charge in [0, 0.05) is 30.9 Å². The van der Waals surface area contributed by atoms with Crippen molar-refractivity contribution >= 4 is 5.69 Å². The van der Waals surface area contributed by atoms with Crippen LogP contribution in [0.15, 0.2) is 18.2 Å². The summed E-state index contributed by atoms with van der Waals surface area (Å²) < 4.78 is 0. The molecule has 0 saturated carbocycles. The fraction of sp³-hybridized carbons (Fsp3) is 0.647. The summed E-state index contributed by atoms with van der Waals surface area (Å²) in [6.45, 7) is 13.6. The standard InChI is InChI=1S/C17H28N2/c1-6-13(3)16-11-19(15(5)10-18-16)17-9-12(2)7-8-14(17)4/h7-9,13,15-16,18H,6,10-11H2,1-5H3. The number of rotatable bonds is 3. The summed E-state index contributed by atoms with van der Waals surface area (Å²) in [5.41, 5.74) is 4.16. The molecule has 19 heavy (non-hydrogen) atoms. The quantitative estimate of drug-likeness (QED) is 0.894. The molecule has 0 bridgehead atoms. The van der Waals surface area contributed by atoms with Crippen molar-refractivity contribution < 1.29 is 0 Å². The van der Waals surface area contributed by atoms with Crippen molar-refractivity contribution in [1.29, 1.82) is 0 Å². The van der Waals surface area contributed by atoms with Gasteiger partial charge in [0.25, 0.3) is 0 Å². The molecule has 0 radical (unpaired) electrons. The van der Waals surface area contributed by atoms with Crippen molar-refractivity contribution in [3.63, 3.8) is 0 Å². The molecule has 1 aromatic carbocycles. The van der Waals surface area contributed by atoms with Gasteiger partial charge in [-0.05, 0) is 43.9 Å². The number of aryl methyl sites for hydroxylation is 2. The van der Waals surface area contributed by atoms with Crippen LogP contribution in [0, 0.1) is 19.8 Å². The smallest absolute Gasteiger partial charge is 0.0401 e. The Balaban J connectivity index is 2.23. The molecule has 1 saturated heterocycles. The lowest BCUT2D eigenvalue weighted by Gasteiger charge is -2.43. The third kappa shape index (κ3) is 3.11. The lowest BCUT2D eigenvalue weighted by atomic mass is 9.94. The number of hydrogen-bond donors (Lipinski definition) is 1. The largest absolute Gasteiger partial charge is 0.366 e.